The van der Waals surface area contributed by atoms with Gasteiger partial charge in [-0.2, -0.15) is 4.31 Å². The lowest BCUT2D eigenvalue weighted by Gasteiger charge is -2.33. The van der Waals surface area contributed by atoms with Crippen LogP contribution in [0.5, 0.6) is 0 Å². The summed E-state index contributed by atoms with van der Waals surface area (Å²) in [5.41, 5.74) is 1.66. The molecule has 8 nitrogen and oxygen atoms in total. The summed E-state index contributed by atoms with van der Waals surface area (Å²) in [5.74, 6) is -1.72. The Morgan fingerprint density at radius 3 is 2.56 bits per heavy atom. The number of rotatable bonds is 7. The van der Waals surface area contributed by atoms with Crippen molar-refractivity contribution in [2.45, 2.75) is 36.9 Å². The van der Waals surface area contributed by atoms with E-state index < -0.39 is 21.9 Å². The van der Waals surface area contributed by atoms with E-state index in [9.17, 15) is 23.1 Å². The quantitative estimate of drug-likeness (QED) is 0.422. The van der Waals surface area contributed by atoms with E-state index >= 15 is 0 Å². The van der Waals surface area contributed by atoms with Crippen LogP contribution in [0.15, 0.2) is 63.3 Å². The third kappa shape index (κ3) is 4.61. The van der Waals surface area contributed by atoms with Gasteiger partial charge in [-0.25, -0.2) is 13.2 Å². The summed E-state index contributed by atoms with van der Waals surface area (Å²) in [7, 11) is -3.77. The van der Waals surface area contributed by atoms with E-state index in [0.717, 1.165) is 24.3 Å². The third-order valence-electron chi connectivity index (χ3n) is 6.78. The number of aromatic carboxylic acids is 1. The number of hydrogen-bond donors (Lipinski definition) is 2. The summed E-state index contributed by atoms with van der Waals surface area (Å²) >= 11 is 4.27. The Morgan fingerprint density at radius 2 is 1.89 bits per heavy atom. The predicted octanol–water partition coefficient (Wildman–Crippen LogP) is 4.42. The first-order valence-corrected chi connectivity index (χ1v) is 14.5. The lowest BCUT2D eigenvalue weighted by molar-refractivity contribution is 0.0698. The van der Waals surface area contributed by atoms with Crippen molar-refractivity contribution in [2.75, 3.05) is 18.4 Å². The van der Waals surface area contributed by atoms with E-state index in [4.69, 9.17) is 0 Å². The average molecular weight is 591 g/mol. The van der Waals surface area contributed by atoms with Gasteiger partial charge in [-0.3, -0.25) is 9.69 Å². The Hall–Kier alpha value is -2.57. The summed E-state index contributed by atoms with van der Waals surface area (Å²) < 4.78 is 29.3. The SMILES string of the molecule is Cc1c(S(=O)(=O)N2CC3CC2CN3Cc2ccccc2)csc1C(=O)Nc1ccc(Br)cc1C(=O)O. The minimum atomic E-state index is -3.77. The van der Waals surface area contributed by atoms with Crippen LogP contribution >= 0.6 is 27.3 Å². The molecule has 1 aromatic heterocycles. The van der Waals surface area contributed by atoms with Crippen LogP contribution in [0.3, 0.4) is 0 Å². The molecular formula is C25H24BrN3O5S2. The lowest BCUT2D eigenvalue weighted by Crippen LogP contribution is -2.48. The van der Waals surface area contributed by atoms with Gasteiger partial charge in [0, 0.05) is 41.6 Å². The van der Waals surface area contributed by atoms with Gasteiger partial charge in [0.05, 0.1) is 21.0 Å². The molecule has 5 rings (SSSR count). The molecule has 2 aromatic carbocycles. The molecule has 2 fully saturated rings. The molecule has 2 atom stereocenters. The number of halogens is 1. The zero-order chi connectivity index (χ0) is 25.6. The number of piperazine rings is 1. The maximum absolute atomic E-state index is 13.6. The van der Waals surface area contributed by atoms with Crippen molar-refractivity contribution in [3.05, 3.63) is 80.0 Å². The number of carbonyl (C=O) groups excluding carboxylic acids is 1. The van der Waals surface area contributed by atoms with Crippen molar-refractivity contribution in [3.63, 3.8) is 0 Å². The summed E-state index contributed by atoms with van der Waals surface area (Å²) in [6.45, 7) is 3.52. The fourth-order valence-electron chi connectivity index (χ4n) is 5.01. The number of carboxylic acids is 1. The maximum atomic E-state index is 13.6. The summed E-state index contributed by atoms with van der Waals surface area (Å²) in [6.07, 6.45) is 0.796. The van der Waals surface area contributed by atoms with E-state index in [1.807, 2.05) is 18.2 Å². The molecule has 2 N–H and O–H groups in total. The third-order valence-corrected chi connectivity index (χ3v) is 10.5. The number of anilines is 1. The number of carboxylic acid groups (broad SMARTS) is 1. The van der Waals surface area contributed by atoms with E-state index in [2.05, 4.69) is 38.3 Å². The van der Waals surface area contributed by atoms with Gasteiger partial charge in [0.15, 0.2) is 0 Å². The number of benzene rings is 2. The van der Waals surface area contributed by atoms with Gasteiger partial charge in [0.25, 0.3) is 5.91 Å². The van der Waals surface area contributed by atoms with Crippen LogP contribution in [-0.2, 0) is 16.6 Å². The monoisotopic (exact) mass is 589 g/mol. The number of amides is 1. The van der Waals surface area contributed by atoms with Crippen LogP contribution in [0.4, 0.5) is 5.69 Å². The molecule has 0 saturated carbocycles. The second kappa shape index (κ2) is 9.71. The zero-order valence-electron chi connectivity index (χ0n) is 19.3. The Kier molecular flexibility index (Phi) is 6.77. The summed E-state index contributed by atoms with van der Waals surface area (Å²) in [5, 5.41) is 13.6. The smallest absolute Gasteiger partial charge is 0.337 e. The number of carbonyl (C=O) groups is 2. The largest absolute Gasteiger partial charge is 0.478 e. The number of nitrogens with one attached hydrogen (secondary N) is 1. The molecular weight excluding hydrogens is 566 g/mol. The molecule has 2 bridgehead atoms. The van der Waals surface area contributed by atoms with Gasteiger partial charge in [-0.1, -0.05) is 46.3 Å². The Balaban J connectivity index is 1.32. The molecule has 0 radical (unpaired) electrons. The molecule has 11 heteroatoms. The molecule has 1 amide bonds. The molecule has 2 aliphatic rings. The van der Waals surface area contributed by atoms with Crippen LogP contribution < -0.4 is 5.32 Å². The van der Waals surface area contributed by atoms with E-state index in [-0.39, 0.29) is 33.1 Å². The van der Waals surface area contributed by atoms with E-state index in [1.165, 1.54) is 23.1 Å². The summed E-state index contributed by atoms with van der Waals surface area (Å²) in [4.78, 5) is 27.3. The average Bonchev–Trinajstić information content (AvgIpc) is 3.55. The first-order chi connectivity index (χ1) is 17.1. The topological polar surface area (TPSA) is 107 Å². The van der Waals surface area contributed by atoms with Gasteiger partial charge in [0.1, 0.15) is 0 Å². The van der Waals surface area contributed by atoms with Crippen LogP contribution in [0.2, 0.25) is 0 Å². The van der Waals surface area contributed by atoms with Crippen LogP contribution in [0.25, 0.3) is 0 Å². The van der Waals surface area contributed by atoms with Crippen molar-refractivity contribution in [1.82, 2.24) is 9.21 Å². The second-order valence-electron chi connectivity index (χ2n) is 9.04. The van der Waals surface area contributed by atoms with E-state index in [0.29, 0.717) is 23.1 Å². The van der Waals surface area contributed by atoms with Crippen LogP contribution in [0, 0.1) is 6.92 Å². The van der Waals surface area contributed by atoms with Crippen LogP contribution in [-0.4, -0.2) is 59.8 Å². The maximum Gasteiger partial charge on any atom is 0.337 e. The van der Waals surface area contributed by atoms with Crippen molar-refractivity contribution < 1.29 is 23.1 Å². The lowest BCUT2D eigenvalue weighted by atomic mass is 10.1. The normalized spacial score (nSPS) is 20.1. The van der Waals surface area contributed by atoms with Crippen LogP contribution in [0.1, 0.15) is 37.6 Å². The second-order valence-corrected chi connectivity index (χ2v) is 12.7. The molecule has 0 spiro atoms. The molecule has 188 valence electrons. The van der Waals surface area contributed by atoms with Crippen molar-refractivity contribution >= 4 is 54.9 Å². The van der Waals surface area contributed by atoms with Crippen molar-refractivity contribution in [2.24, 2.45) is 0 Å². The minimum Gasteiger partial charge on any atom is -0.478 e. The Labute approximate surface area is 221 Å². The van der Waals surface area contributed by atoms with Gasteiger partial charge in [0.2, 0.25) is 10.0 Å². The molecule has 2 unspecified atom stereocenters. The number of fused-ring (bicyclic) bond motifs is 2. The number of thiophene rings is 1. The van der Waals surface area contributed by atoms with E-state index in [1.54, 1.807) is 17.3 Å². The number of hydrogen-bond acceptors (Lipinski definition) is 6. The highest BCUT2D eigenvalue weighted by atomic mass is 79.9. The number of sulfonamides is 1. The highest BCUT2D eigenvalue weighted by Gasteiger charge is 2.48. The molecule has 2 aliphatic heterocycles. The first-order valence-electron chi connectivity index (χ1n) is 11.4. The molecule has 3 aromatic rings. The van der Waals surface area contributed by atoms with Crippen molar-refractivity contribution in [1.29, 1.82) is 0 Å². The van der Waals surface area contributed by atoms with Gasteiger partial charge in [-0.05, 0) is 42.7 Å². The fourth-order valence-corrected chi connectivity index (χ4v) is 8.56. The van der Waals surface area contributed by atoms with Gasteiger partial charge >= 0.3 is 5.97 Å². The highest BCUT2D eigenvalue weighted by molar-refractivity contribution is 9.10. The predicted molar refractivity (Wildman–Crippen MR) is 141 cm³/mol. The molecule has 2 saturated heterocycles. The Bertz CT molecular complexity index is 1440. The highest BCUT2D eigenvalue weighted by Crippen LogP contribution is 2.38. The standard InChI is InChI=1S/C25H24BrN3O5S2/c1-15-22(14-35-23(15)24(30)27-21-8-7-17(26)9-20(21)25(31)32)36(33,34)29-13-18-10-19(29)12-28(18)11-16-5-3-2-4-6-16/h2-9,14,18-19H,10-13H2,1H3,(H,27,30)(H,31,32). The fraction of sp³-hybridized carbons (Fsp3) is 0.280. The van der Waals surface area contributed by atoms with Crippen molar-refractivity contribution in [3.8, 4) is 0 Å². The number of nitrogens with zero attached hydrogens (tertiary/aromatic N) is 2. The molecule has 36 heavy (non-hydrogen) atoms. The zero-order valence-corrected chi connectivity index (χ0v) is 22.6. The van der Waals surface area contributed by atoms with Gasteiger partial charge in [-0.15, -0.1) is 11.3 Å². The van der Waals surface area contributed by atoms with Gasteiger partial charge < -0.3 is 10.4 Å². The molecule has 0 aliphatic carbocycles. The Morgan fingerprint density at radius 1 is 1.14 bits per heavy atom. The summed E-state index contributed by atoms with van der Waals surface area (Å²) in [6, 6.07) is 14.7. The first kappa shape index (κ1) is 25.1. The minimum absolute atomic E-state index is 0.0621. The number of likely N-dealkylation sites (tertiary alicyclic amines) is 1. The molecule has 3 heterocycles.